The van der Waals surface area contributed by atoms with Gasteiger partial charge in [0.15, 0.2) is 6.29 Å². The van der Waals surface area contributed by atoms with Crippen LogP contribution in [0.15, 0.2) is 22.8 Å². The van der Waals surface area contributed by atoms with E-state index in [9.17, 15) is 30.6 Å². The molecule has 5 aliphatic rings. The minimum absolute atomic E-state index is 0.0143. The molecule has 13 atom stereocenters. The van der Waals surface area contributed by atoms with Crippen molar-refractivity contribution in [2.75, 3.05) is 13.2 Å². The predicted octanol–water partition coefficient (Wildman–Crippen LogP) is 3.47. The van der Waals surface area contributed by atoms with Gasteiger partial charge < -0.3 is 40.1 Å². The summed E-state index contributed by atoms with van der Waals surface area (Å²) in [5, 5.41) is 62.9. The van der Waals surface area contributed by atoms with Crippen LogP contribution in [0.5, 0.6) is 0 Å². The zero-order chi connectivity index (χ0) is 30.6. The molecule has 6 N–H and O–H groups in total. The Morgan fingerprint density at radius 3 is 2.43 bits per heavy atom. The molecule has 0 spiro atoms. The molecular formula is C34H56O8. The third-order valence-electron chi connectivity index (χ3n) is 12.4. The highest BCUT2D eigenvalue weighted by molar-refractivity contribution is 5.38. The van der Waals surface area contributed by atoms with E-state index in [-0.39, 0.29) is 36.1 Å². The summed E-state index contributed by atoms with van der Waals surface area (Å²) in [5.41, 5.74) is 3.75. The summed E-state index contributed by atoms with van der Waals surface area (Å²) in [6, 6.07) is 0. The summed E-state index contributed by atoms with van der Waals surface area (Å²) in [6.45, 7) is 11.5. The van der Waals surface area contributed by atoms with E-state index in [4.69, 9.17) is 9.47 Å². The normalized spacial score (nSPS) is 46.8. The van der Waals surface area contributed by atoms with Crippen molar-refractivity contribution in [2.45, 2.75) is 135 Å². The van der Waals surface area contributed by atoms with E-state index in [0.717, 1.165) is 44.9 Å². The van der Waals surface area contributed by atoms with Crippen LogP contribution in [0.2, 0.25) is 0 Å². The van der Waals surface area contributed by atoms with Gasteiger partial charge in [-0.15, -0.1) is 0 Å². The Balaban J connectivity index is 1.26. The molecule has 4 aliphatic carbocycles. The van der Waals surface area contributed by atoms with E-state index in [1.54, 1.807) is 0 Å². The number of rotatable bonds is 8. The maximum atomic E-state index is 11.5. The number of aliphatic hydroxyl groups is 6. The summed E-state index contributed by atoms with van der Waals surface area (Å²) in [7, 11) is 0. The van der Waals surface area contributed by atoms with Gasteiger partial charge in [0.1, 0.15) is 18.3 Å². The largest absolute Gasteiger partial charge is 0.393 e. The first-order valence-corrected chi connectivity index (χ1v) is 16.5. The molecule has 0 aromatic heterocycles. The Morgan fingerprint density at radius 1 is 0.976 bits per heavy atom. The monoisotopic (exact) mass is 592 g/mol. The molecule has 240 valence electrons. The zero-order valence-electron chi connectivity index (χ0n) is 26.3. The topological polar surface area (TPSA) is 140 Å². The first-order chi connectivity index (χ1) is 19.8. The highest BCUT2D eigenvalue weighted by atomic mass is 16.7. The van der Waals surface area contributed by atoms with E-state index >= 15 is 0 Å². The molecule has 0 amide bonds. The highest BCUT2D eigenvalue weighted by Crippen LogP contribution is 2.66. The molecule has 5 rings (SSSR count). The average molecular weight is 593 g/mol. The molecule has 8 heteroatoms. The summed E-state index contributed by atoms with van der Waals surface area (Å²) in [6.07, 6.45) is 4.07. The Labute approximate surface area is 251 Å². The summed E-state index contributed by atoms with van der Waals surface area (Å²) in [4.78, 5) is 0. The van der Waals surface area contributed by atoms with Crippen LogP contribution in [0.3, 0.4) is 0 Å². The number of hydrogen-bond acceptors (Lipinski definition) is 8. The molecule has 0 unspecified atom stereocenters. The van der Waals surface area contributed by atoms with Crippen molar-refractivity contribution < 1.29 is 40.1 Å². The van der Waals surface area contributed by atoms with Gasteiger partial charge in [-0.3, -0.25) is 0 Å². The van der Waals surface area contributed by atoms with Crippen molar-refractivity contribution in [3.8, 4) is 0 Å². The van der Waals surface area contributed by atoms with Gasteiger partial charge in [-0.05, 0) is 104 Å². The lowest BCUT2D eigenvalue weighted by Gasteiger charge is -2.58. The molecule has 1 heterocycles. The van der Waals surface area contributed by atoms with Gasteiger partial charge in [-0.25, -0.2) is 0 Å². The van der Waals surface area contributed by atoms with Crippen molar-refractivity contribution in [3.63, 3.8) is 0 Å². The standard InChI is InChI=1S/C34H56O8/c1-18(2)20(10-13-41-32-31(40)30(39)28(38)17-42-32)7-6-19(3)24-16-27(37)29-22-15-26(36)25-14-21(35)8-11-33(25,4)23(22)9-12-34(24,29)5/h10,18-19,21,23-28,30-32,35-40H,6-9,11-17H2,1-5H3/b20-10+/t19-,21+,23+,24-,25-,26+,27-,28-,30+,31-,32-,33-,34-/m1/s1. The summed E-state index contributed by atoms with van der Waals surface area (Å²) >= 11 is 0. The molecular weight excluding hydrogens is 536 g/mol. The van der Waals surface area contributed by atoms with Crippen LogP contribution < -0.4 is 0 Å². The first kappa shape index (κ1) is 32.6. The molecule has 0 aromatic carbocycles. The van der Waals surface area contributed by atoms with Crippen LogP contribution in [0.1, 0.15) is 92.4 Å². The van der Waals surface area contributed by atoms with Crippen molar-refractivity contribution >= 4 is 0 Å². The van der Waals surface area contributed by atoms with E-state index in [2.05, 4.69) is 40.7 Å². The number of aliphatic hydroxyl groups excluding tert-OH is 6. The van der Waals surface area contributed by atoms with Crippen LogP contribution in [0, 0.1) is 40.4 Å². The molecule has 0 bridgehead atoms. The van der Waals surface area contributed by atoms with Gasteiger partial charge in [0, 0.05) is 0 Å². The lowest BCUT2D eigenvalue weighted by molar-refractivity contribution is -0.266. The molecule has 0 radical (unpaired) electrons. The number of ether oxygens (including phenoxy) is 2. The minimum Gasteiger partial charge on any atom is -0.393 e. The molecule has 3 saturated carbocycles. The second-order valence-electron chi connectivity index (χ2n) is 15.2. The van der Waals surface area contributed by atoms with Gasteiger partial charge in [0.25, 0.3) is 0 Å². The molecule has 4 fully saturated rings. The Kier molecular flexibility index (Phi) is 9.70. The fraction of sp³-hybridized carbons (Fsp3) is 0.882. The van der Waals surface area contributed by atoms with Crippen LogP contribution >= 0.6 is 0 Å². The van der Waals surface area contributed by atoms with Crippen molar-refractivity contribution in [3.05, 3.63) is 22.8 Å². The second kappa shape index (κ2) is 12.5. The molecule has 1 aliphatic heterocycles. The second-order valence-corrected chi connectivity index (χ2v) is 15.2. The number of fused-ring (bicyclic) bond motifs is 4. The third-order valence-corrected chi connectivity index (χ3v) is 12.4. The quantitative estimate of drug-likeness (QED) is 0.236. The molecule has 1 saturated heterocycles. The van der Waals surface area contributed by atoms with Crippen LogP contribution in [-0.4, -0.2) is 86.8 Å². The smallest absolute Gasteiger partial charge is 0.186 e. The van der Waals surface area contributed by atoms with Gasteiger partial charge in [-0.2, -0.15) is 0 Å². The predicted molar refractivity (Wildman–Crippen MR) is 159 cm³/mol. The van der Waals surface area contributed by atoms with Gasteiger partial charge >= 0.3 is 0 Å². The fourth-order valence-corrected chi connectivity index (χ4v) is 9.88. The lowest BCUT2D eigenvalue weighted by atomic mass is 9.48. The first-order valence-electron chi connectivity index (χ1n) is 16.5. The third kappa shape index (κ3) is 5.80. The summed E-state index contributed by atoms with van der Waals surface area (Å²) < 4.78 is 11.1. The van der Waals surface area contributed by atoms with E-state index in [0.29, 0.717) is 36.5 Å². The van der Waals surface area contributed by atoms with Gasteiger partial charge in [-0.1, -0.05) is 51.8 Å². The van der Waals surface area contributed by atoms with Crippen molar-refractivity contribution in [1.82, 2.24) is 0 Å². The highest BCUT2D eigenvalue weighted by Gasteiger charge is 2.59. The fourth-order valence-electron chi connectivity index (χ4n) is 9.88. The van der Waals surface area contributed by atoms with Crippen molar-refractivity contribution in [2.24, 2.45) is 40.4 Å². The van der Waals surface area contributed by atoms with E-state index < -0.39 is 36.8 Å². The maximum Gasteiger partial charge on any atom is 0.186 e. The molecule has 8 nitrogen and oxygen atoms in total. The lowest BCUT2D eigenvalue weighted by Crippen LogP contribution is -2.53. The summed E-state index contributed by atoms with van der Waals surface area (Å²) in [5.74, 6) is 1.62. The van der Waals surface area contributed by atoms with Crippen LogP contribution in [-0.2, 0) is 9.47 Å². The van der Waals surface area contributed by atoms with Crippen LogP contribution in [0.4, 0.5) is 0 Å². The molecule has 0 aromatic rings. The minimum atomic E-state index is -1.29. The average Bonchev–Trinajstić information content (AvgIpc) is 3.21. The van der Waals surface area contributed by atoms with E-state index in [1.165, 1.54) is 16.7 Å². The molecule has 42 heavy (non-hydrogen) atoms. The Morgan fingerprint density at radius 2 is 1.71 bits per heavy atom. The maximum absolute atomic E-state index is 11.5. The SMILES string of the molecule is CC(C)/C(=C/CO[C@@H]1OC[C@@H](O)[C@H](O)[C@H]1O)CC[C@@H](C)[C@H]1C[C@@H](O)C2=C3C[C@H](O)[C@H]4C[C@@H](O)CC[C@]4(C)[C@H]3CC[C@@]21C. The van der Waals surface area contributed by atoms with E-state index in [1.807, 2.05) is 0 Å². The van der Waals surface area contributed by atoms with Gasteiger partial charge in [0.05, 0.1) is 31.5 Å². The van der Waals surface area contributed by atoms with Crippen LogP contribution in [0.25, 0.3) is 0 Å². The van der Waals surface area contributed by atoms with Gasteiger partial charge in [0.2, 0.25) is 0 Å². The Bertz CT molecular complexity index is 1030. The van der Waals surface area contributed by atoms with Crippen molar-refractivity contribution in [1.29, 1.82) is 0 Å². The number of allylic oxidation sites excluding steroid dienone is 1. The Hall–Kier alpha value is -0.840. The zero-order valence-corrected chi connectivity index (χ0v) is 26.3. The number of hydrogen-bond donors (Lipinski definition) is 6.